The number of phenolic OH excluding ortho intramolecular Hbond substituents is 1. The molecule has 0 fully saturated rings. The Morgan fingerprint density at radius 3 is 2.67 bits per heavy atom. The maximum atomic E-state index is 11.9. The van der Waals surface area contributed by atoms with Crippen LogP contribution in [-0.2, 0) is 0 Å². The van der Waals surface area contributed by atoms with Crippen molar-refractivity contribution in [2.45, 2.75) is 26.2 Å². The highest BCUT2D eigenvalue weighted by Gasteiger charge is 2.04. The third-order valence-electron chi connectivity index (χ3n) is 3.42. The molecule has 0 aliphatic carbocycles. The van der Waals surface area contributed by atoms with Gasteiger partial charge in [0.05, 0.1) is 12.8 Å². The lowest BCUT2D eigenvalue weighted by atomic mass is 10.2. The van der Waals surface area contributed by atoms with Gasteiger partial charge in [-0.3, -0.25) is 4.79 Å². The molecule has 2 rings (SSSR count). The molecule has 0 atom stereocenters. The van der Waals surface area contributed by atoms with E-state index < -0.39 is 0 Å². The first-order valence-electron chi connectivity index (χ1n) is 8.05. The van der Waals surface area contributed by atoms with E-state index in [1.54, 1.807) is 6.21 Å². The van der Waals surface area contributed by atoms with Gasteiger partial charge in [0, 0.05) is 11.1 Å². The summed E-state index contributed by atoms with van der Waals surface area (Å²) >= 11 is 0. The van der Waals surface area contributed by atoms with Crippen LogP contribution in [0, 0.1) is 0 Å². The average Bonchev–Trinajstić information content (AvgIpc) is 2.60. The minimum absolute atomic E-state index is 0.115. The van der Waals surface area contributed by atoms with E-state index in [2.05, 4.69) is 17.5 Å². The third kappa shape index (κ3) is 5.43. The first-order chi connectivity index (χ1) is 11.7. The first-order valence-corrected chi connectivity index (χ1v) is 8.05. The summed E-state index contributed by atoms with van der Waals surface area (Å²) in [5, 5.41) is 13.2. The normalized spacial score (nSPS) is 10.7. The van der Waals surface area contributed by atoms with E-state index in [1.807, 2.05) is 24.3 Å². The van der Waals surface area contributed by atoms with Gasteiger partial charge in [0.15, 0.2) is 0 Å². The maximum Gasteiger partial charge on any atom is 0.271 e. The molecule has 0 unspecified atom stereocenters. The van der Waals surface area contributed by atoms with Crippen molar-refractivity contribution >= 4 is 12.1 Å². The summed E-state index contributed by atoms with van der Waals surface area (Å²) in [7, 11) is 0. The van der Waals surface area contributed by atoms with E-state index in [9.17, 15) is 9.90 Å². The largest absolute Gasteiger partial charge is 0.508 e. The molecule has 1 amide bonds. The number of amides is 1. The molecule has 0 radical (unpaired) electrons. The van der Waals surface area contributed by atoms with Gasteiger partial charge >= 0.3 is 0 Å². The second-order valence-electron chi connectivity index (χ2n) is 5.34. The standard InChI is InChI=1S/C19H22N2O3/c1-2-3-6-13-24-18-8-5-4-7-16(18)14-20-21-19(23)15-9-11-17(22)12-10-15/h4-5,7-12,14,22H,2-3,6,13H2,1H3,(H,21,23)/b20-14+. The lowest BCUT2D eigenvalue weighted by molar-refractivity contribution is 0.0955. The molecule has 5 heteroatoms. The predicted molar refractivity (Wildman–Crippen MR) is 94.6 cm³/mol. The van der Waals surface area contributed by atoms with Gasteiger partial charge in [0.2, 0.25) is 0 Å². The Balaban J connectivity index is 1.93. The molecule has 0 bridgehead atoms. The highest BCUT2D eigenvalue weighted by Crippen LogP contribution is 2.16. The summed E-state index contributed by atoms with van der Waals surface area (Å²) in [5.74, 6) is 0.521. The van der Waals surface area contributed by atoms with Gasteiger partial charge in [-0.25, -0.2) is 5.43 Å². The average molecular weight is 326 g/mol. The predicted octanol–water partition coefficient (Wildman–Crippen LogP) is 3.73. The molecule has 0 aliphatic heterocycles. The maximum absolute atomic E-state index is 11.9. The molecule has 126 valence electrons. The van der Waals surface area contributed by atoms with Gasteiger partial charge in [-0.15, -0.1) is 0 Å². The highest BCUT2D eigenvalue weighted by atomic mass is 16.5. The number of nitrogens with zero attached hydrogens (tertiary/aromatic N) is 1. The molecule has 0 aliphatic rings. The van der Waals surface area contributed by atoms with E-state index in [0.717, 1.165) is 30.6 Å². The number of hydrogen-bond acceptors (Lipinski definition) is 4. The number of carbonyl (C=O) groups is 1. The van der Waals surface area contributed by atoms with Crippen LogP contribution in [0.15, 0.2) is 53.6 Å². The Kier molecular flexibility index (Phi) is 6.83. The van der Waals surface area contributed by atoms with E-state index >= 15 is 0 Å². The molecule has 0 saturated heterocycles. The topological polar surface area (TPSA) is 70.9 Å². The highest BCUT2D eigenvalue weighted by molar-refractivity contribution is 5.95. The van der Waals surface area contributed by atoms with Crippen molar-refractivity contribution in [2.24, 2.45) is 5.10 Å². The number of hydrazone groups is 1. The molecule has 0 spiro atoms. The Labute approximate surface area is 142 Å². The first kappa shape index (κ1) is 17.5. The quantitative estimate of drug-likeness (QED) is 0.441. The number of ether oxygens (including phenoxy) is 1. The number of aromatic hydroxyl groups is 1. The molecule has 24 heavy (non-hydrogen) atoms. The minimum Gasteiger partial charge on any atom is -0.508 e. The van der Waals surface area contributed by atoms with Crippen LogP contribution in [0.4, 0.5) is 0 Å². The van der Waals surface area contributed by atoms with Gasteiger partial charge in [-0.2, -0.15) is 5.10 Å². The molecule has 0 aromatic heterocycles. The molecule has 2 aromatic carbocycles. The smallest absolute Gasteiger partial charge is 0.271 e. The van der Waals surface area contributed by atoms with Crippen molar-refractivity contribution in [2.75, 3.05) is 6.61 Å². The number of nitrogens with one attached hydrogen (secondary N) is 1. The molecule has 0 heterocycles. The molecule has 2 aromatic rings. The van der Waals surface area contributed by atoms with Crippen LogP contribution in [-0.4, -0.2) is 23.8 Å². The second kappa shape index (κ2) is 9.35. The number of hydrogen-bond donors (Lipinski definition) is 2. The van der Waals surface area contributed by atoms with Crippen LogP contribution in [0.2, 0.25) is 0 Å². The van der Waals surface area contributed by atoms with Gasteiger partial charge in [-0.05, 0) is 42.8 Å². The van der Waals surface area contributed by atoms with Crippen LogP contribution in [0.1, 0.15) is 42.1 Å². The van der Waals surface area contributed by atoms with Gasteiger partial charge in [0.25, 0.3) is 5.91 Å². The number of benzene rings is 2. The van der Waals surface area contributed by atoms with E-state index in [4.69, 9.17) is 4.74 Å². The number of para-hydroxylation sites is 1. The van der Waals surface area contributed by atoms with E-state index in [-0.39, 0.29) is 11.7 Å². The minimum atomic E-state index is -0.340. The monoisotopic (exact) mass is 326 g/mol. The van der Waals surface area contributed by atoms with Gasteiger partial charge in [-0.1, -0.05) is 31.9 Å². The number of rotatable bonds is 8. The Bertz CT molecular complexity index is 681. The third-order valence-corrected chi connectivity index (χ3v) is 3.42. The van der Waals surface area contributed by atoms with Crippen LogP contribution < -0.4 is 10.2 Å². The zero-order valence-corrected chi connectivity index (χ0v) is 13.7. The van der Waals surface area contributed by atoms with E-state index in [1.165, 1.54) is 24.3 Å². The Morgan fingerprint density at radius 1 is 1.17 bits per heavy atom. The van der Waals surface area contributed by atoms with Crippen LogP contribution >= 0.6 is 0 Å². The summed E-state index contributed by atoms with van der Waals surface area (Å²) < 4.78 is 5.76. The second-order valence-corrected chi connectivity index (χ2v) is 5.34. The van der Waals surface area contributed by atoms with Crippen molar-refractivity contribution in [3.63, 3.8) is 0 Å². The van der Waals surface area contributed by atoms with Gasteiger partial charge < -0.3 is 9.84 Å². The zero-order valence-electron chi connectivity index (χ0n) is 13.7. The molecule has 5 nitrogen and oxygen atoms in total. The fourth-order valence-corrected chi connectivity index (χ4v) is 2.09. The summed E-state index contributed by atoms with van der Waals surface area (Å²) in [6, 6.07) is 13.5. The van der Waals surface area contributed by atoms with Crippen molar-refractivity contribution in [1.82, 2.24) is 5.43 Å². The molecular weight excluding hydrogens is 304 g/mol. The van der Waals surface area contributed by atoms with Crippen molar-refractivity contribution in [1.29, 1.82) is 0 Å². The summed E-state index contributed by atoms with van der Waals surface area (Å²) in [5.41, 5.74) is 3.69. The lowest BCUT2D eigenvalue weighted by Gasteiger charge is -2.08. The summed E-state index contributed by atoms with van der Waals surface area (Å²) in [4.78, 5) is 11.9. The molecule has 0 saturated carbocycles. The van der Waals surface area contributed by atoms with Gasteiger partial charge in [0.1, 0.15) is 11.5 Å². The van der Waals surface area contributed by atoms with Crippen molar-refractivity contribution in [3.05, 3.63) is 59.7 Å². The summed E-state index contributed by atoms with van der Waals surface area (Å²) in [6.07, 6.45) is 4.86. The zero-order chi connectivity index (χ0) is 17.2. The summed E-state index contributed by atoms with van der Waals surface area (Å²) in [6.45, 7) is 2.82. The van der Waals surface area contributed by atoms with Crippen LogP contribution in [0.5, 0.6) is 11.5 Å². The number of carbonyl (C=O) groups excluding carboxylic acids is 1. The van der Waals surface area contributed by atoms with Crippen LogP contribution in [0.25, 0.3) is 0 Å². The molecule has 2 N–H and O–H groups in total. The van der Waals surface area contributed by atoms with Crippen molar-refractivity contribution in [3.8, 4) is 11.5 Å². The fourth-order valence-electron chi connectivity index (χ4n) is 2.09. The van der Waals surface area contributed by atoms with E-state index in [0.29, 0.717) is 12.2 Å². The SMILES string of the molecule is CCCCCOc1ccccc1/C=N/NC(=O)c1ccc(O)cc1. The molecular formula is C19H22N2O3. The Morgan fingerprint density at radius 2 is 1.92 bits per heavy atom. The number of unbranched alkanes of at least 4 members (excludes halogenated alkanes) is 2. The van der Waals surface area contributed by atoms with Crippen molar-refractivity contribution < 1.29 is 14.6 Å². The number of phenols is 1. The fraction of sp³-hybridized carbons (Fsp3) is 0.263. The Hall–Kier alpha value is -2.82. The lowest BCUT2D eigenvalue weighted by Crippen LogP contribution is -2.17. The van der Waals surface area contributed by atoms with Crippen LogP contribution in [0.3, 0.4) is 0 Å².